The van der Waals surface area contributed by atoms with Gasteiger partial charge in [0.2, 0.25) is 0 Å². The SMILES string of the molecule is CN1C[C@@H]2CN(/C(N)=C/C=C(\N)c3cc4cccnc4cc3O)C[C@@H]2C1. The summed E-state index contributed by atoms with van der Waals surface area (Å²) >= 11 is 0. The molecule has 1 aromatic carbocycles. The Morgan fingerprint density at radius 1 is 1.15 bits per heavy atom. The summed E-state index contributed by atoms with van der Waals surface area (Å²) in [5.41, 5.74) is 14.3. The number of aromatic hydroxyl groups is 1. The van der Waals surface area contributed by atoms with Crippen LogP contribution in [-0.4, -0.2) is 53.1 Å². The second kappa shape index (κ2) is 6.53. The summed E-state index contributed by atoms with van der Waals surface area (Å²) in [6.07, 6.45) is 5.31. The van der Waals surface area contributed by atoms with Crippen molar-refractivity contribution in [3.8, 4) is 5.75 Å². The maximum Gasteiger partial charge on any atom is 0.127 e. The first-order valence-electron chi connectivity index (χ1n) is 8.96. The molecule has 6 heteroatoms. The molecule has 1 aromatic heterocycles. The van der Waals surface area contributed by atoms with Crippen LogP contribution in [0.2, 0.25) is 0 Å². The zero-order chi connectivity index (χ0) is 18.3. The highest BCUT2D eigenvalue weighted by Crippen LogP contribution is 2.31. The summed E-state index contributed by atoms with van der Waals surface area (Å²) in [4.78, 5) is 8.86. The number of phenolic OH excluding ortho intramolecular Hbond substituents is 1. The Bertz CT molecular complexity index is 877. The molecular weight excluding hydrogens is 326 g/mol. The van der Waals surface area contributed by atoms with E-state index in [0.717, 1.165) is 42.9 Å². The number of nitrogens with two attached hydrogens (primary N) is 2. The number of rotatable bonds is 3. The van der Waals surface area contributed by atoms with E-state index in [4.69, 9.17) is 11.5 Å². The van der Waals surface area contributed by atoms with Gasteiger partial charge >= 0.3 is 0 Å². The third-order valence-electron chi connectivity index (χ3n) is 5.50. The number of likely N-dealkylation sites (tertiary alicyclic amines) is 2. The highest BCUT2D eigenvalue weighted by atomic mass is 16.3. The number of fused-ring (bicyclic) bond motifs is 2. The number of hydrogen-bond donors (Lipinski definition) is 3. The number of pyridine rings is 1. The van der Waals surface area contributed by atoms with E-state index in [9.17, 15) is 5.11 Å². The number of nitrogens with zero attached hydrogens (tertiary/aromatic N) is 3. The molecule has 5 N–H and O–H groups in total. The first-order chi connectivity index (χ1) is 12.5. The summed E-state index contributed by atoms with van der Waals surface area (Å²) in [6.45, 7) is 4.28. The molecule has 2 aliphatic rings. The number of allylic oxidation sites excluding steroid dienone is 2. The van der Waals surface area contributed by atoms with Crippen LogP contribution in [0.15, 0.2) is 48.4 Å². The quantitative estimate of drug-likeness (QED) is 0.727. The fraction of sp³-hybridized carbons (Fsp3) is 0.350. The number of aromatic nitrogens is 1. The third-order valence-corrected chi connectivity index (χ3v) is 5.50. The molecule has 2 saturated heterocycles. The van der Waals surface area contributed by atoms with Crippen molar-refractivity contribution in [3.63, 3.8) is 0 Å². The van der Waals surface area contributed by atoms with Gasteiger partial charge in [0.1, 0.15) is 5.75 Å². The Kier molecular flexibility index (Phi) is 4.20. The van der Waals surface area contributed by atoms with Gasteiger partial charge < -0.3 is 26.4 Å². The molecule has 0 bridgehead atoms. The van der Waals surface area contributed by atoms with Gasteiger partial charge in [-0.1, -0.05) is 6.07 Å². The minimum atomic E-state index is 0.121. The minimum Gasteiger partial charge on any atom is -0.507 e. The molecule has 136 valence electrons. The van der Waals surface area contributed by atoms with Crippen molar-refractivity contribution < 1.29 is 5.11 Å². The van der Waals surface area contributed by atoms with E-state index in [1.807, 2.05) is 24.3 Å². The molecule has 2 atom stereocenters. The zero-order valence-corrected chi connectivity index (χ0v) is 15.0. The summed E-state index contributed by atoms with van der Waals surface area (Å²) in [7, 11) is 2.18. The Morgan fingerprint density at radius 2 is 1.88 bits per heavy atom. The molecule has 6 nitrogen and oxygen atoms in total. The molecule has 4 rings (SSSR count). The fourth-order valence-electron chi connectivity index (χ4n) is 4.15. The summed E-state index contributed by atoms with van der Waals surface area (Å²) in [5, 5.41) is 11.2. The topological polar surface area (TPSA) is 91.6 Å². The molecule has 0 amide bonds. The minimum absolute atomic E-state index is 0.121. The number of benzene rings is 1. The molecule has 0 spiro atoms. The van der Waals surface area contributed by atoms with E-state index in [-0.39, 0.29) is 5.75 Å². The van der Waals surface area contributed by atoms with Crippen LogP contribution < -0.4 is 11.5 Å². The average Bonchev–Trinajstić information content (AvgIpc) is 3.16. The third kappa shape index (κ3) is 3.08. The highest BCUT2D eigenvalue weighted by molar-refractivity contribution is 5.86. The van der Waals surface area contributed by atoms with Crippen molar-refractivity contribution >= 4 is 16.6 Å². The van der Waals surface area contributed by atoms with Crippen molar-refractivity contribution in [1.29, 1.82) is 0 Å². The molecule has 26 heavy (non-hydrogen) atoms. The van der Waals surface area contributed by atoms with Gasteiger partial charge in [0, 0.05) is 55.1 Å². The van der Waals surface area contributed by atoms with Crippen LogP contribution in [-0.2, 0) is 0 Å². The maximum absolute atomic E-state index is 10.3. The second-order valence-electron chi connectivity index (χ2n) is 7.43. The van der Waals surface area contributed by atoms with Gasteiger partial charge in [-0.05, 0) is 43.2 Å². The number of phenols is 1. The standard InChI is InChI=1S/C20H25N5O/c1-24-9-14-11-25(12-15(14)10-24)20(22)5-4-17(21)16-7-13-3-2-6-23-18(13)8-19(16)26/h2-8,14-15,26H,9-12,21-22H2,1H3/b17-4-,20-5+/t14-,15+. The molecule has 0 unspecified atom stereocenters. The van der Waals surface area contributed by atoms with Gasteiger partial charge in [-0.25, -0.2) is 0 Å². The van der Waals surface area contributed by atoms with E-state index in [1.54, 1.807) is 18.3 Å². The van der Waals surface area contributed by atoms with E-state index in [1.165, 1.54) is 0 Å². The van der Waals surface area contributed by atoms with Crippen molar-refractivity contribution in [2.75, 3.05) is 33.2 Å². The van der Waals surface area contributed by atoms with Crippen LogP contribution in [0.1, 0.15) is 5.56 Å². The lowest BCUT2D eigenvalue weighted by atomic mass is 10.0. The molecular formula is C20H25N5O. The van der Waals surface area contributed by atoms with Crippen LogP contribution in [0.3, 0.4) is 0 Å². The largest absolute Gasteiger partial charge is 0.507 e. The van der Waals surface area contributed by atoms with Crippen molar-refractivity contribution in [1.82, 2.24) is 14.8 Å². The summed E-state index contributed by atoms with van der Waals surface area (Å²) in [5.74, 6) is 2.25. The lowest BCUT2D eigenvalue weighted by Gasteiger charge is -2.21. The van der Waals surface area contributed by atoms with E-state index < -0.39 is 0 Å². The Labute approximate surface area is 153 Å². The highest BCUT2D eigenvalue weighted by Gasteiger charge is 2.38. The predicted octanol–water partition coefficient (Wildman–Crippen LogP) is 1.53. The van der Waals surface area contributed by atoms with Gasteiger partial charge in [0.05, 0.1) is 11.3 Å². The molecule has 2 aromatic rings. The van der Waals surface area contributed by atoms with Gasteiger partial charge in [-0.2, -0.15) is 0 Å². The van der Waals surface area contributed by atoms with Crippen LogP contribution in [0, 0.1) is 11.8 Å². The molecule has 0 saturated carbocycles. The average molecular weight is 351 g/mol. The van der Waals surface area contributed by atoms with Crippen molar-refractivity contribution in [3.05, 3.63) is 54.0 Å². The van der Waals surface area contributed by atoms with E-state index in [0.29, 0.717) is 23.1 Å². The molecule has 3 heterocycles. The van der Waals surface area contributed by atoms with E-state index in [2.05, 4.69) is 21.8 Å². The molecule has 0 radical (unpaired) electrons. The van der Waals surface area contributed by atoms with Crippen LogP contribution >= 0.6 is 0 Å². The molecule has 0 aliphatic carbocycles. The number of hydrogen-bond acceptors (Lipinski definition) is 6. The predicted molar refractivity (Wildman–Crippen MR) is 104 cm³/mol. The Hall–Kier alpha value is -2.73. The zero-order valence-electron chi connectivity index (χ0n) is 15.0. The summed E-state index contributed by atoms with van der Waals surface area (Å²) in [6, 6.07) is 7.30. The Morgan fingerprint density at radius 3 is 2.62 bits per heavy atom. The van der Waals surface area contributed by atoms with Crippen molar-refractivity contribution in [2.24, 2.45) is 23.3 Å². The van der Waals surface area contributed by atoms with Gasteiger partial charge in [0.25, 0.3) is 0 Å². The van der Waals surface area contributed by atoms with Gasteiger partial charge in [-0.3, -0.25) is 4.98 Å². The van der Waals surface area contributed by atoms with E-state index >= 15 is 0 Å². The lowest BCUT2D eigenvalue weighted by molar-refractivity contribution is 0.319. The Balaban J connectivity index is 1.53. The molecule has 2 aliphatic heterocycles. The van der Waals surface area contributed by atoms with Crippen molar-refractivity contribution in [2.45, 2.75) is 0 Å². The van der Waals surface area contributed by atoms with Gasteiger partial charge in [-0.15, -0.1) is 0 Å². The smallest absolute Gasteiger partial charge is 0.127 e. The molecule has 2 fully saturated rings. The lowest BCUT2D eigenvalue weighted by Crippen LogP contribution is -2.29. The fourth-order valence-corrected chi connectivity index (χ4v) is 4.15. The monoisotopic (exact) mass is 351 g/mol. The van der Waals surface area contributed by atoms with Gasteiger partial charge in [0.15, 0.2) is 0 Å². The maximum atomic E-state index is 10.3. The second-order valence-corrected chi connectivity index (χ2v) is 7.43. The normalized spacial score (nSPS) is 24.4. The van der Waals surface area contributed by atoms with Crippen LogP contribution in [0.25, 0.3) is 16.6 Å². The van der Waals surface area contributed by atoms with Crippen LogP contribution in [0.4, 0.5) is 0 Å². The summed E-state index contributed by atoms with van der Waals surface area (Å²) < 4.78 is 0. The first kappa shape index (κ1) is 16.7. The first-order valence-corrected chi connectivity index (χ1v) is 8.96. The van der Waals surface area contributed by atoms with Crippen LogP contribution in [0.5, 0.6) is 5.75 Å².